The van der Waals surface area contributed by atoms with Crippen molar-refractivity contribution in [2.24, 2.45) is 0 Å². The maximum atomic E-state index is 12.5. The highest BCUT2D eigenvalue weighted by molar-refractivity contribution is 5.77. The second kappa shape index (κ2) is 10.1. The summed E-state index contributed by atoms with van der Waals surface area (Å²) < 4.78 is 0. The summed E-state index contributed by atoms with van der Waals surface area (Å²) in [7, 11) is 0. The number of nitrogens with zero attached hydrogens (tertiary/aromatic N) is 2. The molecule has 5 nitrogen and oxygen atoms in total. The number of hydrogen-bond donors (Lipinski definition) is 1. The third-order valence-corrected chi connectivity index (χ3v) is 4.72. The van der Waals surface area contributed by atoms with Crippen molar-refractivity contribution in [2.75, 3.05) is 32.7 Å². The Morgan fingerprint density at radius 3 is 2.28 bits per heavy atom. The summed E-state index contributed by atoms with van der Waals surface area (Å²) >= 11 is 0. The molecule has 0 unspecified atom stereocenters. The van der Waals surface area contributed by atoms with Crippen molar-refractivity contribution in [1.29, 1.82) is 0 Å². The van der Waals surface area contributed by atoms with Crippen molar-refractivity contribution in [3.63, 3.8) is 0 Å². The van der Waals surface area contributed by atoms with Gasteiger partial charge < -0.3 is 15.1 Å². The largest absolute Gasteiger partial charge is 0.341 e. The van der Waals surface area contributed by atoms with Crippen molar-refractivity contribution in [3.8, 4) is 0 Å². The van der Waals surface area contributed by atoms with E-state index in [0.717, 1.165) is 38.8 Å². The molecule has 1 saturated heterocycles. The smallest absolute Gasteiger partial charge is 0.317 e. The SMILES string of the molecule is CCCNC(=O)N1CCCN(C(=O)CCc2ccc(CC)cc2)CC1. The number of nitrogens with one attached hydrogen (secondary N) is 1. The Hall–Kier alpha value is -2.04. The maximum absolute atomic E-state index is 12.5. The van der Waals surface area contributed by atoms with Crippen LogP contribution in [0.1, 0.15) is 44.2 Å². The van der Waals surface area contributed by atoms with Gasteiger partial charge in [0.15, 0.2) is 0 Å². The molecule has 0 aromatic heterocycles. The number of amides is 3. The van der Waals surface area contributed by atoms with E-state index >= 15 is 0 Å². The average molecular weight is 345 g/mol. The first kappa shape index (κ1) is 19.3. The van der Waals surface area contributed by atoms with Gasteiger partial charge in [-0.15, -0.1) is 0 Å². The first-order chi connectivity index (χ1) is 12.1. The minimum Gasteiger partial charge on any atom is -0.341 e. The van der Waals surface area contributed by atoms with Crippen LogP contribution in [0.2, 0.25) is 0 Å². The summed E-state index contributed by atoms with van der Waals surface area (Å²) in [5.74, 6) is 0.190. The highest BCUT2D eigenvalue weighted by atomic mass is 16.2. The Balaban J connectivity index is 1.78. The van der Waals surface area contributed by atoms with E-state index in [9.17, 15) is 9.59 Å². The summed E-state index contributed by atoms with van der Waals surface area (Å²) in [5.41, 5.74) is 2.53. The minimum atomic E-state index is -0.00726. The summed E-state index contributed by atoms with van der Waals surface area (Å²) in [6, 6.07) is 8.51. The van der Waals surface area contributed by atoms with Gasteiger partial charge >= 0.3 is 6.03 Å². The Bertz CT molecular complexity index is 557. The van der Waals surface area contributed by atoms with Crippen LogP contribution in [0.25, 0.3) is 0 Å². The van der Waals surface area contributed by atoms with E-state index in [1.54, 1.807) is 0 Å². The van der Waals surface area contributed by atoms with Gasteiger partial charge in [-0.1, -0.05) is 38.1 Å². The molecule has 1 aromatic carbocycles. The van der Waals surface area contributed by atoms with Gasteiger partial charge in [0.1, 0.15) is 0 Å². The molecule has 1 aromatic rings. The molecule has 0 atom stereocenters. The van der Waals surface area contributed by atoms with Crippen LogP contribution in [-0.2, 0) is 17.6 Å². The van der Waals surface area contributed by atoms with Crippen LogP contribution in [0.5, 0.6) is 0 Å². The molecule has 1 fully saturated rings. The average Bonchev–Trinajstić information content (AvgIpc) is 2.91. The summed E-state index contributed by atoms with van der Waals surface area (Å²) in [5, 5.41) is 2.91. The predicted octanol–water partition coefficient (Wildman–Crippen LogP) is 2.84. The lowest BCUT2D eigenvalue weighted by Crippen LogP contribution is -2.42. The number of rotatable bonds is 6. The van der Waals surface area contributed by atoms with E-state index in [-0.39, 0.29) is 11.9 Å². The standard InChI is InChI=1S/C20H31N3O2/c1-3-12-21-20(25)23-14-5-13-22(15-16-23)19(24)11-10-18-8-6-17(4-2)7-9-18/h6-9H,3-5,10-16H2,1-2H3,(H,21,25). The van der Waals surface area contributed by atoms with E-state index in [4.69, 9.17) is 0 Å². The van der Waals surface area contributed by atoms with Crippen molar-refractivity contribution >= 4 is 11.9 Å². The normalized spacial score (nSPS) is 15.0. The summed E-state index contributed by atoms with van der Waals surface area (Å²) in [6.45, 7) is 7.60. The van der Waals surface area contributed by atoms with Gasteiger partial charge in [-0.05, 0) is 36.8 Å². The van der Waals surface area contributed by atoms with Crippen LogP contribution in [0.3, 0.4) is 0 Å². The van der Waals surface area contributed by atoms with E-state index in [0.29, 0.717) is 26.1 Å². The quantitative estimate of drug-likeness (QED) is 0.862. The van der Waals surface area contributed by atoms with Crippen molar-refractivity contribution in [1.82, 2.24) is 15.1 Å². The molecule has 1 N–H and O–H groups in total. The molecule has 2 rings (SSSR count). The maximum Gasteiger partial charge on any atom is 0.317 e. The van der Waals surface area contributed by atoms with Crippen LogP contribution >= 0.6 is 0 Å². The van der Waals surface area contributed by atoms with E-state index in [1.165, 1.54) is 11.1 Å². The monoisotopic (exact) mass is 345 g/mol. The molecule has 1 heterocycles. The number of carbonyl (C=O) groups excluding carboxylic acids is 2. The van der Waals surface area contributed by atoms with Crippen LogP contribution in [0.4, 0.5) is 4.79 Å². The molecule has 0 saturated carbocycles. The number of aryl methyl sites for hydroxylation is 2. The highest BCUT2D eigenvalue weighted by Crippen LogP contribution is 2.10. The third-order valence-electron chi connectivity index (χ3n) is 4.72. The Morgan fingerprint density at radius 1 is 0.960 bits per heavy atom. The Labute approximate surface area is 151 Å². The zero-order valence-corrected chi connectivity index (χ0v) is 15.6. The molecule has 1 aliphatic rings. The Kier molecular flexibility index (Phi) is 7.76. The first-order valence-corrected chi connectivity index (χ1v) is 9.52. The number of hydrogen-bond acceptors (Lipinski definition) is 2. The molecular formula is C20H31N3O2. The molecule has 138 valence electrons. The molecule has 0 spiro atoms. The second-order valence-corrected chi connectivity index (χ2v) is 6.62. The molecule has 0 aliphatic carbocycles. The fraction of sp³-hybridized carbons (Fsp3) is 0.600. The highest BCUT2D eigenvalue weighted by Gasteiger charge is 2.21. The summed E-state index contributed by atoms with van der Waals surface area (Å²) in [6.07, 6.45) is 4.13. The van der Waals surface area contributed by atoms with Crippen LogP contribution in [0.15, 0.2) is 24.3 Å². The van der Waals surface area contributed by atoms with Crippen LogP contribution in [0, 0.1) is 0 Å². The fourth-order valence-electron chi connectivity index (χ4n) is 3.06. The molecule has 5 heteroatoms. The van der Waals surface area contributed by atoms with Gasteiger partial charge in [-0.25, -0.2) is 4.79 Å². The fourth-order valence-corrected chi connectivity index (χ4v) is 3.06. The van der Waals surface area contributed by atoms with Crippen molar-refractivity contribution < 1.29 is 9.59 Å². The van der Waals surface area contributed by atoms with E-state index < -0.39 is 0 Å². The van der Waals surface area contributed by atoms with E-state index in [1.807, 2.05) is 16.7 Å². The number of benzene rings is 1. The van der Waals surface area contributed by atoms with Crippen molar-refractivity contribution in [2.45, 2.75) is 46.0 Å². The minimum absolute atomic E-state index is 0.00726. The first-order valence-electron chi connectivity index (χ1n) is 9.52. The lowest BCUT2D eigenvalue weighted by molar-refractivity contribution is -0.131. The lowest BCUT2D eigenvalue weighted by atomic mass is 10.1. The topological polar surface area (TPSA) is 52.7 Å². The Morgan fingerprint density at radius 2 is 1.60 bits per heavy atom. The second-order valence-electron chi connectivity index (χ2n) is 6.62. The predicted molar refractivity (Wildman–Crippen MR) is 101 cm³/mol. The zero-order valence-electron chi connectivity index (χ0n) is 15.6. The molecule has 1 aliphatic heterocycles. The van der Waals surface area contributed by atoms with Gasteiger partial charge in [-0.2, -0.15) is 0 Å². The number of carbonyl (C=O) groups is 2. The number of urea groups is 1. The van der Waals surface area contributed by atoms with Gasteiger partial charge in [0, 0.05) is 39.1 Å². The molecule has 0 bridgehead atoms. The van der Waals surface area contributed by atoms with Gasteiger partial charge in [0.2, 0.25) is 5.91 Å². The van der Waals surface area contributed by atoms with Crippen LogP contribution < -0.4 is 5.32 Å². The molecule has 25 heavy (non-hydrogen) atoms. The van der Waals surface area contributed by atoms with Gasteiger partial charge in [0.05, 0.1) is 0 Å². The van der Waals surface area contributed by atoms with Gasteiger partial charge in [-0.3, -0.25) is 4.79 Å². The third kappa shape index (κ3) is 6.07. The molecular weight excluding hydrogens is 314 g/mol. The van der Waals surface area contributed by atoms with Crippen LogP contribution in [-0.4, -0.2) is 54.5 Å². The summed E-state index contributed by atoms with van der Waals surface area (Å²) in [4.78, 5) is 28.3. The molecule has 3 amide bonds. The zero-order chi connectivity index (χ0) is 18.1. The molecule has 0 radical (unpaired) electrons. The van der Waals surface area contributed by atoms with E-state index in [2.05, 4.69) is 36.5 Å². The van der Waals surface area contributed by atoms with Crippen molar-refractivity contribution in [3.05, 3.63) is 35.4 Å². The van der Waals surface area contributed by atoms with Gasteiger partial charge in [0.25, 0.3) is 0 Å². The lowest BCUT2D eigenvalue weighted by Gasteiger charge is -2.22.